The van der Waals surface area contributed by atoms with Crippen molar-refractivity contribution in [1.82, 2.24) is 28.9 Å². The zero-order chi connectivity index (χ0) is 67.6. The lowest BCUT2D eigenvalue weighted by Gasteiger charge is -2.27. The highest BCUT2D eigenvalue weighted by Gasteiger charge is 2.40. The maximum absolute atomic E-state index is 13.0. The molecule has 4 heterocycles. The molecule has 0 spiro atoms. The molecule has 0 radical (unpaired) electrons. The number of nitriles is 2. The molecule has 11 aromatic carbocycles. The fraction of sp³-hybridized carbons (Fsp3) is 0.116. The monoisotopic (exact) mass is 1300 g/mol. The van der Waals surface area contributed by atoms with E-state index < -0.39 is 13.7 Å². The molecule has 0 saturated carbocycles. The average Bonchev–Trinajstić information content (AvgIpc) is 1.52. The first-order valence-electron chi connectivity index (χ1n) is 33.7. The van der Waals surface area contributed by atoms with Crippen LogP contribution in [0, 0.1) is 50.4 Å². The van der Waals surface area contributed by atoms with Gasteiger partial charge < -0.3 is 18.4 Å². The Morgan fingerprint density at radius 3 is 1.43 bits per heavy atom. The SMILES string of the molecule is CCOC1=CC=C(c2c3/c(=C(\C#N)c4cnc5cc(C)c(C)cc5n4)n(B(c4cccc5ccccc45)c4cccc5cccc(C)c45)c(-c4ccc(OCC)cc4)c3/c(=C(\C#N)c3cnc4cc(Cl)c(C)cc4n3)n2B(c2cccc3ccccc23)c2cccc3ccccc23)CC1. The standard InChI is InChI=1S/C86H65B2ClN8O2/c1-7-98-62-40-36-60(37-41-62)83-81-82(85(67(48-90)79-51-93-75-47-73(89)55(6)46-77(75)95-79)96(83)87(69-32-16-24-56-21-9-12-29-64(56)69)70-33-17-25-57-22-10-13-30-65(57)70)84(61-38-42-63(43-39-61)99-8-2)97(86(81)68(49-91)78-50-92-74-44-53(4)54(5)45-76(74)94-78)88(71-34-18-26-58-23-11-14-31-66(58)71)72-35-19-28-59-27-15-20-52(3)80(59)72/h9-36,38-40,42-47,50-51H,7-8,37,41H2,1-6H3/b85-67-,86-68-. The Labute approximate surface area is 579 Å². The molecular formula is C86H65B2ClN8O2. The van der Waals surface area contributed by atoms with E-state index in [0.29, 0.717) is 86.4 Å². The van der Waals surface area contributed by atoms with Crippen LogP contribution in [0.1, 0.15) is 66.0 Å². The number of nitrogens with zero attached hydrogens (tertiary/aromatic N) is 8. The summed E-state index contributed by atoms with van der Waals surface area (Å²) in [6, 6.07) is 80.4. The van der Waals surface area contributed by atoms with Crippen LogP contribution in [-0.2, 0) is 4.74 Å². The minimum absolute atomic E-state index is 0.258. The van der Waals surface area contributed by atoms with Crippen molar-refractivity contribution < 1.29 is 9.47 Å². The third kappa shape index (κ3) is 10.7. The summed E-state index contributed by atoms with van der Waals surface area (Å²) in [5.41, 5.74) is 15.1. The number of allylic oxidation sites excluding steroid dienone is 4. The van der Waals surface area contributed by atoms with Crippen molar-refractivity contribution in [2.75, 3.05) is 13.2 Å². The molecule has 0 aliphatic heterocycles. The number of fused-ring (bicyclic) bond motifs is 7. The average molecular weight is 1300 g/mol. The largest absolute Gasteiger partial charge is 0.498 e. The number of halogens is 1. The molecule has 15 aromatic rings. The van der Waals surface area contributed by atoms with E-state index >= 15 is 0 Å². The van der Waals surface area contributed by atoms with Gasteiger partial charge in [0.1, 0.15) is 40.4 Å². The molecule has 0 atom stereocenters. The highest BCUT2D eigenvalue weighted by molar-refractivity contribution is 6.88. The van der Waals surface area contributed by atoms with Gasteiger partial charge in [0.2, 0.25) is 0 Å². The summed E-state index contributed by atoms with van der Waals surface area (Å²) in [4.78, 5) is 21.4. The molecule has 1 aliphatic rings. The van der Waals surface area contributed by atoms with Gasteiger partial charge in [-0.2, -0.15) is 10.5 Å². The van der Waals surface area contributed by atoms with Gasteiger partial charge in [0.25, 0.3) is 0 Å². The Hall–Kier alpha value is -11.8. The summed E-state index contributed by atoms with van der Waals surface area (Å²) >= 11 is 6.88. The smallest absolute Gasteiger partial charge is 0.329 e. The van der Waals surface area contributed by atoms with Crippen molar-refractivity contribution in [3.63, 3.8) is 0 Å². The quantitative estimate of drug-likeness (QED) is 0.0985. The number of benzene rings is 11. The molecule has 0 unspecified atom stereocenters. The second kappa shape index (κ2) is 25.6. The third-order valence-corrected chi connectivity index (χ3v) is 20.3. The topological polar surface area (TPSA) is 127 Å². The van der Waals surface area contributed by atoms with Gasteiger partial charge in [-0.25, -0.2) is 9.97 Å². The summed E-state index contributed by atoms with van der Waals surface area (Å²) in [6.45, 7) is 11.8. The number of aryl methyl sites for hydroxylation is 4. The van der Waals surface area contributed by atoms with Gasteiger partial charge in [0.05, 0.1) is 64.1 Å². The Kier molecular flexibility index (Phi) is 16.1. The van der Waals surface area contributed by atoms with Gasteiger partial charge in [0.15, 0.2) is 0 Å². The maximum Gasteiger partial charge on any atom is 0.329 e. The fourth-order valence-corrected chi connectivity index (χ4v) is 15.4. The van der Waals surface area contributed by atoms with E-state index in [2.05, 4.69) is 242 Å². The molecule has 474 valence electrons. The van der Waals surface area contributed by atoms with Gasteiger partial charge in [-0.1, -0.05) is 181 Å². The van der Waals surface area contributed by atoms with Gasteiger partial charge in [-0.15, -0.1) is 0 Å². The first kappa shape index (κ1) is 62.0. The van der Waals surface area contributed by atoms with Crippen LogP contribution in [0.4, 0.5) is 0 Å². The number of ether oxygens (including phenoxy) is 2. The van der Waals surface area contributed by atoms with Crippen LogP contribution < -0.4 is 37.3 Å². The number of rotatable bonds is 14. The molecule has 99 heavy (non-hydrogen) atoms. The van der Waals surface area contributed by atoms with Crippen molar-refractivity contribution in [2.45, 2.75) is 54.4 Å². The predicted molar refractivity (Wildman–Crippen MR) is 409 cm³/mol. The summed E-state index contributed by atoms with van der Waals surface area (Å²) in [6.07, 6.45) is 8.87. The van der Waals surface area contributed by atoms with Gasteiger partial charge in [-0.05, 0) is 201 Å². The lowest BCUT2D eigenvalue weighted by atomic mass is 9.48. The highest BCUT2D eigenvalue weighted by atomic mass is 35.5. The molecule has 10 nitrogen and oxygen atoms in total. The third-order valence-electron chi connectivity index (χ3n) is 19.8. The normalized spacial score (nSPS) is 13.0. The first-order chi connectivity index (χ1) is 48.5. The number of aromatic nitrogens is 6. The fourth-order valence-electron chi connectivity index (χ4n) is 15.3. The van der Waals surface area contributed by atoms with Crippen molar-refractivity contribution in [1.29, 1.82) is 10.5 Å². The molecule has 0 fully saturated rings. The van der Waals surface area contributed by atoms with E-state index in [4.69, 9.17) is 41.0 Å². The summed E-state index contributed by atoms with van der Waals surface area (Å²) in [7, 11) is 0. The van der Waals surface area contributed by atoms with Crippen LogP contribution in [0.2, 0.25) is 5.02 Å². The minimum Gasteiger partial charge on any atom is -0.498 e. The molecule has 0 bridgehead atoms. The molecule has 0 amide bonds. The molecule has 16 rings (SSSR count). The number of hydrogen-bond acceptors (Lipinski definition) is 8. The van der Waals surface area contributed by atoms with Gasteiger partial charge in [-0.3, -0.25) is 9.97 Å². The van der Waals surface area contributed by atoms with E-state index in [1.807, 2.05) is 45.0 Å². The summed E-state index contributed by atoms with van der Waals surface area (Å²) in [5.74, 6) is 1.55. The second-order valence-electron chi connectivity index (χ2n) is 25.6. The Morgan fingerprint density at radius 1 is 0.455 bits per heavy atom. The molecular weight excluding hydrogens is 1230 g/mol. The molecule has 4 aromatic heterocycles. The van der Waals surface area contributed by atoms with Crippen LogP contribution in [0.15, 0.2) is 243 Å². The Morgan fingerprint density at radius 2 is 0.909 bits per heavy atom. The van der Waals surface area contributed by atoms with Crippen molar-refractivity contribution in [3.8, 4) is 29.1 Å². The summed E-state index contributed by atoms with van der Waals surface area (Å²) in [5, 5.41) is 37.5. The maximum atomic E-state index is 13.0. The van der Waals surface area contributed by atoms with Crippen molar-refractivity contribution in [3.05, 3.63) is 298 Å². The Balaban J connectivity index is 1.26. The first-order valence-corrected chi connectivity index (χ1v) is 34.1. The zero-order valence-electron chi connectivity index (χ0n) is 55.8. The van der Waals surface area contributed by atoms with Crippen LogP contribution >= 0.6 is 11.6 Å². The zero-order valence-corrected chi connectivity index (χ0v) is 56.5. The van der Waals surface area contributed by atoms with E-state index in [9.17, 15) is 10.5 Å². The van der Waals surface area contributed by atoms with E-state index in [0.717, 1.165) is 121 Å². The van der Waals surface area contributed by atoms with E-state index in [1.54, 1.807) is 12.4 Å². The number of hydrogen-bond donors (Lipinski definition) is 0. The molecule has 1 aliphatic carbocycles. The lowest BCUT2D eigenvalue weighted by molar-refractivity contribution is 0.218. The van der Waals surface area contributed by atoms with Crippen LogP contribution in [-0.4, -0.2) is 55.8 Å². The minimum atomic E-state index is -0.712. The lowest BCUT2D eigenvalue weighted by Crippen LogP contribution is -2.55. The van der Waals surface area contributed by atoms with Crippen molar-refractivity contribution in [2.24, 2.45) is 0 Å². The van der Waals surface area contributed by atoms with Crippen LogP contribution in [0.25, 0.3) is 104 Å². The van der Waals surface area contributed by atoms with Gasteiger partial charge >= 0.3 is 13.7 Å². The van der Waals surface area contributed by atoms with Gasteiger partial charge in [0, 0.05) is 33.6 Å². The van der Waals surface area contributed by atoms with E-state index in [1.165, 1.54) is 0 Å². The van der Waals surface area contributed by atoms with Crippen LogP contribution in [0.5, 0.6) is 5.75 Å². The highest BCUT2D eigenvalue weighted by Crippen LogP contribution is 2.39. The van der Waals surface area contributed by atoms with E-state index in [-0.39, 0.29) is 11.1 Å². The molecule has 0 N–H and O–H groups in total. The van der Waals surface area contributed by atoms with Crippen molar-refractivity contribution >= 4 is 140 Å². The Bertz CT molecular complexity index is 6060. The predicted octanol–water partition coefficient (Wildman–Crippen LogP) is 15.7. The second-order valence-corrected chi connectivity index (χ2v) is 26.0. The molecule has 13 heteroatoms. The summed E-state index contributed by atoms with van der Waals surface area (Å²) < 4.78 is 17.6. The van der Waals surface area contributed by atoms with Crippen LogP contribution in [0.3, 0.4) is 0 Å². The molecule has 0 saturated heterocycles.